The predicted molar refractivity (Wildman–Crippen MR) is 133 cm³/mol. The van der Waals surface area contributed by atoms with Crippen molar-refractivity contribution in [3.63, 3.8) is 0 Å². The van der Waals surface area contributed by atoms with E-state index in [1.54, 1.807) is 0 Å². The standard InChI is InChI=1S/C32H22/c1-21-9-8-10-22(19-21)23-17-18-27-26-13-4-7-16-30(26)32(31(27)20-23)28-14-5-2-11-24(28)25-12-3-6-15-29(25)32/h2-20H,1H3. The van der Waals surface area contributed by atoms with E-state index in [1.165, 1.54) is 61.2 Å². The maximum absolute atomic E-state index is 2.45. The molecule has 0 saturated carbocycles. The van der Waals surface area contributed by atoms with Crippen LogP contribution < -0.4 is 0 Å². The van der Waals surface area contributed by atoms with Crippen molar-refractivity contribution in [1.29, 1.82) is 0 Å². The summed E-state index contributed by atoms with van der Waals surface area (Å²) < 4.78 is 0. The zero-order valence-electron chi connectivity index (χ0n) is 18.0. The van der Waals surface area contributed by atoms with Gasteiger partial charge in [-0.3, -0.25) is 0 Å². The minimum absolute atomic E-state index is 0.265. The molecule has 5 aromatic carbocycles. The first-order chi connectivity index (χ1) is 15.8. The lowest BCUT2D eigenvalue weighted by molar-refractivity contribution is 0.794. The molecule has 0 heterocycles. The van der Waals surface area contributed by atoms with Crippen molar-refractivity contribution in [2.75, 3.05) is 0 Å². The summed E-state index contributed by atoms with van der Waals surface area (Å²) in [7, 11) is 0. The summed E-state index contributed by atoms with van der Waals surface area (Å²) >= 11 is 0. The van der Waals surface area contributed by atoms with E-state index < -0.39 is 0 Å². The van der Waals surface area contributed by atoms with Gasteiger partial charge < -0.3 is 0 Å². The topological polar surface area (TPSA) is 0 Å². The Morgan fingerprint density at radius 1 is 0.406 bits per heavy atom. The summed E-state index contributed by atoms with van der Waals surface area (Å²) in [6.45, 7) is 2.16. The summed E-state index contributed by atoms with van der Waals surface area (Å²) in [6, 6.07) is 42.8. The third-order valence-electron chi connectivity index (χ3n) is 7.35. The Kier molecular flexibility index (Phi) is 3.50. The lowest BCUT2D eigenvalue weighted by atomic mass is 9.70. The lowest BCUT2D eigenvalue weighted by Crippen LogP contribution is -2.25. The average Bonchev–Trinajstić information content (AvgIpc) is 3.31. The Morgan fingerprint density at radius 2 is 0.906 bits per heavy atom. The van der Waals surface area contributed by atoms with E-state index in [1.807, 2.05) is 0 Å². The third-order valence-corrected chi connectivity index (χ3v) is 7.35. The molecular formula is C32H22. The SMILES string of the molecule is Cc1cccc(-c2ccc3c(c2)C2(c4ccccc4-c4ccccc42)c2ccccc2-3)c1. The number of hydrogen-bond acceptors (Lipinski definition) is 0. The van der Waals surface area contributed by atoms with Gasteiger partial charge in [0.05, 0.1) is 5.41 Å². The van der Waals surface area contributed by atoms with Gasteiger partial charge in [0.15, 0.2) is 0 Å². The van der Waals surface area contributed by atoms with E-state index in [-0.39, 0.29) is 5.41 Å². The molecule has 0 saturated heterocycles. The number of hydrogen-bond donors (Lipinski definition) is 0. The van der Waals surface area contributed by atoms with Gasteiger partial charge in [0.1, 0.15) is 0 Å². The van der Waals surface area contributed by atoms with Gasteiger partial charge in [0, 0.05) is 0 Å². The zero-order valence-corrected chi connectivity index (χ0v) is 18.0. The number of fused-ring (bicyclic) bond motifs is 10. The van der Waals surface area contributed by atoms with Gasteiger partial charge in [0.2, 0.25) is 0 Å². The largest absolute Gasteiger partial charge is 0.0725 e. The summed E-state index contributed by atoms with van der Waals surface area (Å²) in [4.78, 5) is 0. The van der Waals surface area contributed by atoms with Crippen LogP contribution >= 0.6 is 0 Å². The molecule has 2 aliphatic carbocycles. The molecule has 0 nitrogen and oxygen atoms in total. The van der Waals surface area contributed by atoms with E-state index in [9.17, 15) is 0 Å². The molecule has 5 aromatic rings. The van der Waals surface area contributed by atoms with Gasteiger partial charge in [-0.2, -0.15) is 0 Å². The van der Waals surface area contributed by atoms with Gasteiger partial charge in [-0.1, -0.05) is 115 Å². The van der Waals surface area contributed by atoms with E-state index in [0.717, 1.165) is 0 Å². The Labute approximate surface area is 188 Å². The van der Waals surface area contributed by atoms with Crippen LogP contribution in [0.4, 0.5) is 0 Å². The van der Waals surface area contributed by atoms with Crippen molar-refractivity contribution in [3.8, 4) is 33.4 Å². The number of aryl methyl sites for hydroxylation is 1. The maximum atomic E-state index is 2.45. The second-order valence-electron chi connectivity index (χ2n) is 9.02. The van der Waals surface area contributed by atoms with Crippen LogP contribution in [0.25, 0.3) is 33.4 Å². The van der Waals surface area contributed by atoms with Gasteiger partial charge >= 0.3 is 0 Å². The van der Waals surface area contributed by atoms with Gasteiger partial charge in [-0.05, 0) is 68.6 Å². The molecule has 0 heteroatoms. The highest BCUT2D eigenvalue weighted by Gasteiger charge is 2.51. The summed E-state index contributed by atoms with van der Waals surface area (Å²) in [6.07, 6.45) is 0. The second kappa shape index (κ2) is 6.31. The molecule has 150 valence electrons. The highest BCUT2D eigenvalue weighted by atomic mass is 14.5. The highest BCUT2D eigenvalue weighted by Crippen LogP contribution is 2.62. The third kappa shape index (κ3) is 2.12. The summed E-state index contributed by atoms with van der Waals surface area (Å²) in [5.74, 6) is 0. The lowest BCUT2D eigenvalue weighted by Gasteiger charge is -2.30. The van der Waals surface area contributed by atoms with Gasteiger partial charge in [-0.15, -0.1) is 0 Å². The molecule has 0 N–H and O–H groups in total. The fraction of sp³-hybridized carbons (Fsp3) is 0.0625. The molecule has 1 spiro atoms. The monoisotopic (exact) mass is 406 g/mol. The smallest absolute Gasteiger partial charge is 0.0619 e. The molecule has 0 aromatic heterocycles. The summed E-state index contributed by atoms with van der Waals surface area (Å²) in [5, 5.41) is 0. The minimum atomic E-state index is -0.265. The first-order valence-corrected chi connectivity index (χ1v) is 11.3. The van der Waals surface area contributed by atoms with E-state index in [4.69, 9.17) is 0 Å². The maximum Gasteiger partial charge on any atom is 0.0725 e. The Morgan fingerprint density at radius 3 is 1.47 bits per heavy atom. The Bertz CT molecular complexity index is 1470. The Balaban J connectivity index is 1.63. The molecule has 32 heavy (non-hydrogen) atoms. The highest BCUT2D eigenvalue weighted by molar-refractivity contribution is 5.95. The Hall–Kier alpha value is -3.90. The fourth-order valence-electron chi connectivity index (χ4n) is 6.10. The van der Waals surface area contributed by atoms with E-state index in [2.05, 4.69) is 122 Å². The van der Waals surface area contributed by atoms with Crippen LogP contribution in [0, 0.1) is 6.92 Å². The van der Waals surface area contributed by atoms with E-state index in [0.29, 0.717) is 0 Å². The van der Waals surface area contributed by atoms with Gasteiger partial charge in [-0.25, -0.2) is 0 Å². The first kappa shape index (κ1) is 17.7. The molecule has 0 fully saturated rings. The van der Waals surface area contributed by atoms with Crippen molar-refractivity contribution >= 4 is 0 Å². The van der Waals surface area contributed by atoms with Crippen molar-refractivity contribution in [3.05, 3.63) is 143 Å². The molecule has 0 bridgehead atoms. The van der Waals surface area contributed by atoms with Crippen LogP contribution in [0.1, 0.15) is 27.8 Å². The van der Waals surface area contributed by atoms with Crippen molar-refractivity contribution in [2.45, 2.75) is 12.3 Å². The van der Waals surface area contributed by atoms with Gasteiger partial charge in [0.25, 0.3) is 0 Å². The van der Waals surface area contributed by atoms with Crippen LogP contribution in [-0.4, -0.2) is 0 Å². The van der Waals surface area contributed by atoms with Crippen molar-refractivity contribution < 1.29 is 0 Å². The molecular weight excluding hydrogens is 384 g/mol. The van der Waals surface area contributed by atoms with Crippen LogP contribution in [0.2, 0.25) is 0 Å². The molecule has 2 aliphatic rings. The van der Waals surface area contributed by atoms with Crippen molar-refractivity contribution in [1.82, 2.24) is 0 Å². The predicted octanol–water partition coefficient (Wildman–Crippen LogP) is 8.01. The molecule has 0 atom stereocenters. The fourth-order valence-corrected chi connectivity index (χ4v) is 6.10. The van der Waals surface area contributed by atoms with Crippen LogP contribution in [0.15, 0.2) is 115 Å². The number of benzene rings is 5. The molecule has 7 rings (SSSR count). The first-order valence-electron chi connectivity index (χ1n) is 11.3. The second-order valence-corrected chi connectivity index (χ2v) is 9.02. The molecule has 0 radical (unpaired) electrons. The molecule has 0 unspecified atom stereocenters. The zero-order chi connectivity index (χ0) is 21.3. The van der Waals surface area contributed by atoms with Crippen LogP contribution in [-0.2, 0) is 5.41 Å². The van der Waals surface area contributed by atoms with Crippen LogP contribution in [0.5, 0.6) is 0 Å². The van der Waals surface area contributed by atoms with E-state index >= 15 is 0 Å². The molecule has 0 amide bonds. The number of rotatable bonds is 1. The average molecular weight is 407 g/mol. The summed E-state index contributed by atoms with van der Waals surface area (Å²) in [5.41, 5.74) is 14.6. The molecule has 0 aliphatic heterocycles. The minimum Gasteiger partial charge on any atom is -0.0619 e. The van der Waals surface area contributed by atoms with Crippen LogP contribution in [0.3, 0.4) is 0 Å². The quantitative estimate of drug-likeness (QED) is 0.259. The van der Waals surface area contributed by atoms with Crippen molar-refractivity contribution in [2.24, 2.45) is 0 Å². The normalized spacial score (nSPS) is 14.0.